The van der Waals surface area contributed by atoms with Crippen molar-refractivity contribution in [3.05, 3.63) is 103 Å². The van der Waals surface area contributed by atoms with Crippen molar-refractivity contribution in [3.8, 4) is 0 Å². The summed E-state index contributed by atoms with van der Waals surface area (Å²) in [5, 5.41) is 4.51. The Labute approximate surface area is 164 Å². The zero-order chi connectivity index (χ0) is 19.0. The second-order valence-corrected chi connectivity index (χ2v) is 6.57. The van der Waals surface area contributed by atoms with E-state index in [1.165, 1.54) is 17.5 Å². The van der Waals surface area contributed by atoms with Crippen molar-refractivity contribution < 1.29 is 4.42 Å². The summed E-state index contributed by atoms with van der Waals surface area (Å²) in [5.74, 6) is 0. The predicted molar refractivity (Wildman–Crippen MR) is 114 cm³/mol. The number of furan rings is 1. The van der Waals surface area contributed by atoms with Crippen LogP contribution >= 0.6 is 0 Å². The van der Waals surface area contributed by atoms with Crippen molar-refractivity contribution >= 4 is 22.0 Å². The molecule has 4 nitrogen and oxygen atoms in total. The molecule has 0 saturated heterocycles. The molecular formula is C24H23N3O. The largest absolute Gasteiger partial charge is 0.464 e. The smallest absolute Gasteiger partial charge is 0.133 e. The van der Waals surface area contributed by atoms with Gasteiger partial charge in [-0.2, -0.15) is 0 Å². The first-order valence-electron chi connectivity index (χ1n) is 9.48. The molecular weight excluding hydrogens is 346 g/mol. The van der Waals surface area contributed by atoms with E-state index in [9.17, 15) is 0 Å². The lowest BCUT2D eigenvalue weighted by Crippen LogP contribution is -2.23. The number of hydrogen-bond acceptors (Lipinski definition) is 3. The van der Waals surface area contributed by atoms with E-state index in [0.29, 0.717) is 0 Å². The van der Waals surface area contributed by atoms with Gasteiger partial charge in [0, 0.05) is 11.9 Å². The molecule has 4 heteroatoms. The van der Waals surface area contributed by atoms with Gasteiger partial charge >= 0.3 is 0 Å². The number of para-hydroxylation sites is 3. The van der Waals surface area contributed by atoms with Crippen LogP contribution < -0.4 is 5.32 Å². The van der Waals surface area contributed by atoms with E-state index in [4.69, 9.17) is 4.42 Å². The maximum atomic E-state index is 5.12. The lowest BCUT2D eigenvalue weighted by Gasteiger charge is -2.15. The van der Waals surface area contributed by atoms with Gasteiger partial charge in [-0.25, -0.2) is 4.98 Å². The van der Waals surface area contributed by atoms with Gasteiger partial charge in [0.05, 0.1) is 23.6 Å². The van der Waals surface area contributed by atoms with Gasteiger partial charge in [0.2, 0.25) is 0 Å². The number of nitrogens with zero attached hydrogens (tertiary/aromatic N) is 1. The number of aromatic nitrogens is 2. The first-order chi connectivity index (χ1) is 13.9. The number of rotatable bonds is 0. The molecule has 0 radical (unpaired) electrons. The zero-order valence-electron chi connectivity index (χ0n) is 15.6. The fourth-order valence-corrected chi connectivity index (χ4v) is 3.21. The highest BCUT2D eigenvalue weighted by molar-refractivity contribution is 5.76. The monoisotopic (exact) mass is 369 g/mol. The molecule has 2 N–H and O–H groups in total. The van der Waals surface area contributed by atoms with E-state index in [2.05, 4.69) is 39.6 Å². The topological polar surface area (TPSA) is 53.9 Å². The summed E-state index contributed by atoms with van der Waals surface area (Å²) in [5.41, 5.74) is 6.06. The molecule has 0 amide bonds. The molecule has 3 aromatic carbocycles. The third-order valence-electron chi connectivity index (χ3n) is 4.69. The van der Waals surface area contributed by atoms with Crippen molar-refractivity contribution in [2.45, 2.75) is 13.0 Å². The summed E-state index contributed by atoms with van der Waals surface area (Å²) >= 11 is 0. The first-order valence-corrected chi connectivity index (χ1v) is 9.48. The molecule has 6 rings (SSSR count). The maximum Gasteiger partial charge on any atom is 0.133 e. The first kappa shape index (κ1) is 18.0. The van der Waals surface area contributed by atoms with Gasteiger partial charge in [-0.05, 0) is 48.4 Å². The number of fused-ring (bicyclic) bond motifs is 3. The zero-order valence-corrected chi connectivity index (χ0v) is 15.6. The highest BCUT2D eigenvalue weighted by Crippen LogP contribution is 2.13. The maximum absolute atomic E-state index is 5.12. The van der Waals surface area contributed by atoms with Crippen LogP contribution in [0, 0.1) is 0 Å². The van der Waals surface area contributed by atoms with Crippen LogP contribution in [0.4, 0.5) is 0 Å². The van der Waals surface area contributed by atoms with Gasteiger partial charge in [-0.15, -0.1) is 0 Å². The second kappa shape index (κ2) is 9.02. The standard InChI is InChI=1S/C9H11N.C8H6O.C7H6N2/c1-2-4-9-7-10-6-5-8(9)3-1;1-2-4-8-7(3-1)5-6-9-8;1-2-4-7-6(3-1)8-5-9-7/h1-4,10H,5-7H2;1-6H;1-5H,(H,8,9). The van der Waals surface area contributed by atoms with Crippen molar-refractivity contribution in [3.63, 3.8) is 0 Å². The summed E-state index contributed by atoms with van der Waals surface area (Å²) < 4.78 is 5.12. The highest BCUT2D eigenvalue weighted by atomic mass is 16.3. The van der Waals surface area contributed by atoms with Crippen molar-refractivity contribution in [2.24, 2.45) is 0 Å². The Balaban J connectivity index is 0.000000103. The van der Waals surface area contributed by atoms with E-state index in [1.54, 1.807) is 12.6 Å². The minimum atomic E-state index is 0.956. The molecule has 1 aliphatic heterocycles. The van der Waals surface area contributed by atoms with Gasteiger partial charge in [0.25, 0.3) is 0 Å². The summed E-state index contributed by atoms with van der Waals surface area (Å²) in [6.07, 6.45) is 4.59. The van der Waals surface area contributed by atoms with E-state index >= 15 is 0 Å². The van der Waals surface area contributed by atoms with Gasteiger partial charge < -0.3 is 14.7 Å². The third-order valence-corrected chi connectivity index (χ3v) is 4.69. The number of nitrogens with one attached hydrogen (secondary N) is 2. The number of hydrogen-bond donors (Lipinski definition) is 2. The summed E-state index contributed by atoms with van der Waals surface area (Å²) in [4.78, 5) is 7.07. The van der Waals surface area contributed by atoms with Crippen LogP contribution in [-0.2, 0) is 13.0 Å². The van der Waals surface area contributed by atoms with Crippen LogP contribution in [0.25, 0.3) is 22.0 Å². The number of benzene rings is 3. The Kier molecular flexibility index (Phi) is 5.80. The Morgan fingerprint density at radius 3 is 2.43 bits per heavy atom. The van der Waals surface area contributed by atoms with E-state index in [-0.39, 0.29) is 0 Å². The Morgan fingerprint density at radius 2 is 1.57 bits per heavy atom. The molecule has 0 bridgehead atoms. The Bertz CT molecular complexity index is 991. The van der Waals surface area contributed by atoms with E-state index < -0.39 is 0 Å². The average Bonchev–Trinajstić information content (AvgIpc) is 3.44. The van der Waals surface area contributed by atoms with E-state index in [1.807, 2.05) is 54.6 Å². The number of imidazole rings is 1. The van der Waals surface area contributed by atoms with Gasteiger partial charge in [-0.3, -0.25) is 0 Å². The molecule has 3 heterocycles. The average molecular weight is 369 g/mol. The molecule has 2 aromatic heterocycles. The molecule has 0 unspecified atom stereocenters. The highest BCUT2D eigenvalue weighted by Gasteiger charge is 2.05. The molecule has 28 heavy (non-hydrogen) atoms. The summed E-state index contributed by atoms with van der Waals surface area (Å²) in [7, 11) is 0. The molecule has 0 atom stereocenters. The minimum Gasteiger partial charge on any atom is -0.464 e. The third kappa shape index (κ3) is 4.48. The molecule has 0 fully saturated rings. The van der Waals surface area contributed by atoms with Crippen LogP contribution in [0.15, 0.2) is 95.9 Å². The number of H-pyrrole nitrogens is 1. The molecule has 0 saturated carbocycles. The SMILES string of the molecule is c1ccc2[nH]cnc2c1.c1ccc2c(c1)CCNC2.c1ccc2occc2c1. The lowest BCUT2D eigenvalue weighted by molar-refractivity contribution is 0.616. The summed E-state index contributed by atoms with van der Waals surface area (Å²) in [6, 6.07) is 26.5. The van der Waals surface area contributed by atoms with Gasteiger partial charge in [0.15, 0.2) is 0 Å². The lowest BCUT2D eigenvalue weighted by atomic mass is 10.0. The molecule has 0 aliphatic carbocycles. The number of aromatic amines is 1. The quantitative estimate of drug-likeness (QED) is 0.388. The van der Waals surface area contributed by atoms with Crippen molar-refractivity contribution in [2.75, 3.05) is 6.54 Å². The van der Waals surface area contributed by atoms with Crippen LogP contribution in [-0.4, -0.2) is 16.5 Å². The predicted octanol–water partition coefficient (Wildman–Crippen LogP) is 5.33. The van der Waals surface area contributed by atoms with Crippen molar-refractivity contribution in [1.82, 2.24) is 15.3 Å². The van der Waals surface area contributed by atoms with Gasteiger partial charge in [-0.1, -0.05) is 54.6 Å². The normalized spacial score (nSPS) is 12.4. The van der Waals surface area contributed by atoms with Crippen molar-refractivity contribution in [1.29, 1.82) is 0 Å². The Hall–Kier alpha value is -3.37. The van der Waals surface area contributed by atoms with Crippen LogP contribution in [0.5, 0.6) is 0 Å². The Morgan fingerprint density at radius 1 is 0.786 bits per heavy atom. The van der Waals surface area contributed by atoms with Crippen LogP contribution in [0.3, 0.4) is 0 Å². The summed E-state index contributed by atoms with van der Waals surface area (Å²) in [6.45, 7) is 2.19. The fourth-order valence-electron chi connectivity index (χ4n) is 3.21. The van der Waals surface area contributed by atoms with Gasteiger partial charge in [0.1, 0.15) is 5.58 Å². The minimum absolute atomic E-state index is 0.956. The van der Waals surface area contributed by atoms with Crippen LogP contribution in [0.1, 0.15) is 11.1 Å². The molecule has 0 spiro atoms. The van der Waals surface area contributed by atoms with Crippen LogP contribution in [0.2, 0.25) is 0 Å². The molecule has 140 valence electrons. The van der Waals surface area contributed by atoms with E-state index in [0.717, 1.165) is 35.1 Å². The second-order valence-electron chi connectivity index (χ2n) is 6.57. The molecule has 1 aliphatic rings. The fraction of sp³-hybridized carbons (Fsp3) is 0.125. The molecule has 5 aromatic rings.